The minimum atomic E-state index is -0.962. The number of benzene rings is 2. The van der Waals surface area contributed by atoms with Crippen molar-refractivity contribution in [3.8, 4) is 0 Å². The summed E-state index contributed by atoms with van der Waals surface area (Å²) in [6, 6.07) is 12.9. The molecule has 2 aromatic rings. The normalized spacial score (nSPS) is 15.3. The van der Waals surface area contributed by atoms with Crippen molar-refractivity contribution >= 4 is 17.6 Å². The summed E-state index contributed by atoms with van der Waals surface area (Å²) in [4.78, 5) is 25.8. The van der Waals surface area contributed by atoms with Crippen LogP contribution in [0.2, 0.25) is 0 Å². The van der Waals surface area contributed by atoms with E-state index in [4.69, 9.17) is 5.11 Å². The van der Waals surface area contributed by atoms with E-state index >= 15 is 0 Å². The van der Waals surface area contributed by atoms with Crippen molar-refractivity contribution in [2.75, 3.05) is 11.9 Å². The van der Waals surface area contributed by atoms with E-state index in [1.54, 1.807) is 19.1 Å². The van der Waals surface area contributed by atoms with Gasteiger partial charge in [-0.05, 0) is 55.2 Å². The molecule has 0 bridgehead atoms. The van der Waals surface area contributed by atoms with Crippen LogP contribution in [0.3, 0.4) is 0 Å². The number of hydrogen-bond donors (Lipinski definition) is 2. The Morgan fingerprint density at radius 2 is 1.88 bits per heavy atom. The van der Waals surface area contributed by atoms with Gasteiger partial charge in [-0.15, -0.1) is 0 Å². The summed E-state index contributed by atoms with van der Waals surface area (Å²) < 4.78 is 0. The Labute approximate surface area is 147 Å². The maximum atomic E-state index is 12.6. The van der Waals surface area contributed by atoms with Crippen LogP contribution in [0.25, 0.3) is 0 Å². The number of fused-ring (bicyclic) bond motifs is 1. The van der Waals surface area contributed by atoms with Gasteiger partial charge in [0.1, 0.15) is 0 Å². The van der Waals surface area contributed by atoms with Crippen molar-refractivity contribution in [1.29, 1.82) is 0 Å². The van der Waals surface area contributed by atoms with Crippen molar-refractivity contribution in [2.45, 2.75) is 32.9 Å². The first-order chi connectivity index (χ1) is 12.0. The molecular formula is C20H22N2O3. The van der Waals surface area contributed by atoms with Crippen molar-refractivity contribution < 1.29 is 14.7 Å². The van der Waals surface area contributed by atoms with Gasteiger partial charge in [0.05, 0.1) is 11.6 Å². The summed E-state index contributed by atoms with van der Waals surface area (Å²) in [5, 5.41) is 12.0. The predicted octanol–water partition coefficient (Wildman–Crippen LogP) is 3.08. The fourth-order valence-electron chi connectivity index (χ4n) is 3.24. The molecule has 3 rings (SSSR count). The molecule has 2 N–H and O–H groups in total. The molecule has 0 spiro atoms. The van der Waals surface area contributed by atoms with E-state index < -0.39 is 5.97 Å². The Bertz CT molecular complexity index is 816. The Morgan fingerprint density at radius 1 is 1.16 bits per heavy atom. The second-order valence-corrected chi connectivity index (χ2v) is 6.49. The van der Waals surface area contributed by atoms with Crippen LogP contribution in [0, 0.1) is 6.92 Å². The molecule has 2 aromatic carbocycles. The first-order valence-corrected chi connectivity index (χ1v) is 8.41. The highest BCUT2D eigenvalue weighted by atomic mass is 16.4. The fourth-order valence-corrected chi connectivity index (χ4v) is 3.24. The number of amides is 1. The number of aromatic carboxylic acids is 1. The summed E-state index contributed by atoms with van der Waals surface area (Å²) >= 11 is 0. The minimum Gasteiger partial charge on any atom is -0.478 e. The second kappa shape index (κ2) is 7.07. The molecule has 130 valence electrons. The zero-order chi connectivity index (χ0) is 18.0. The number of carbonyl (C=O) groups excluding carboxylic acids is 1. The van der Waals surface area contributed by atoms with E-state index in [9.17, 15) is 9.59 Å². The summed E-state index contributed by atoms with van der Waals surface area (Å²) in [6.07, 6.45) is 0.945. The quantitative estimate of drug-likeness (QED) is 0.899. The number of nitrogens with one attached hydrogen (secondary N) is 1. The molecule has 1 atom stereocenters. The molecule has 1 heterocycles. The Hall–Kier alpha value is -2.66. The summed E-state index contributed by atoms with van der Waals surface area (Å²) in [5.41, 5.74) is 4.13. The molecule has 0 fully saturated rings. The zero-order valence-corrected chi connectivity index (χ0v) is 14.5. The maximum absolute atomic E-state index is 12.6. The number of aryl methyl sites for hydroxylation is 1. The van der Waals surface area contributed by atoms with Crippen LogP contribution >= 0.6 is 0 Å². The zero-order valence-electron chi connectivity index (χ0n) is 14.5. The highest BCUT2D eigenvalue weighted by molar-refractivity contribution is 5.96. The molecule has 0 saturated carbocycles. The number of carboxylic acids is 1. The third kappa shape index (κ3) is 3.72. The van der Waals surface area contributed by atoms with Crippen LogP contribution < -0.4 is 5.32 Å². The molecular weight excluding hydrogens is 316 g/mol. The average molecular weight is 338 g/mol. The van der Waals surface area contributed by atoms with Crippen LogP contribution in [0.5, 0.6) is 0 Å². The van der Waals surface area contributed by atoms with Gasteiger partial charge in [-0.2, -0.15) is 0 Å². The molecule has 1 aliphatic rings. The Morgan fingerprint density at radius 3 is 2.56 bits per heavy atom. The number of carbonyl (C=O) groups is 2. The summed E-state index contributed by atoms with van der Waals surface area (Å²) in [6.45, 7) is 5.25. The van der Waals surface area contributed by atoms with Gasteiger partial charge in [-0.1, -0.05) is 24.3 Å². The molecule has 1 unspecified atom stereocenters. The molecule has 1 amide bonds. The lowest BCUT2D eigenvalue weighted by Crippen LogP contribution is -2.44. The van der Waals surface area contributed by atoms with Crippen molar-refractivity contribution in [2.24, 2.45) is 0 Å². The number of anilines is 1. The van der Waals surface area contributed by atoms with Gasteiger partial charge < -0.3 is 10.4 Å². The van der Waals surface area contributed by atoms with E-state index in [0.29, 0.717) is 11.3 Å². The van der Waals surface area contributed by atoms with Crippen molar-refractivity contribution in [1.82, 2.24) is 4.90 Å². The average Bonchev–Trinajstić information content (AvgIpc) is 2.60. The third-order valence-electron chi connectivity index (χ3n) is 4.81. The topological polar surface area (TPSA) is 69.6 Å². The molecule has 0 aliphatic carbocycles. The number of rotatable bonds is 4. The Balaban J connectivity index is 1.67. The number of carboxylic acid groups (broad SMARTS) is 1. The van der Waals surface area contributed by atoms with Crippen LogP contribution in [0.4, 0.5) is 5.69 Å². The van der Waals surface area contributed by atoms with E-state index in [0.717, 1.165) is 19.5 Å². The SMILES string of the molecule is Cc1cc(NC(=O)C(C)N2CCc3ccccc3C2)ccc1C(=O)O. The van der Waals surface area contributed by atoms with Gasteiger partial charge in [0.2, 0.25) is 5.91 Å². The first kappa shape index (κ1) is 17.2. The van der Waals surface area contributed by atoms with Crippen LogP contribution in [-0.4, -0.2) is 34.5 Å². The minimum absolute atomic E-state index is 0.0816. The smallest absolute Gasteiger partial charge is 0.335 e. The van der Waals surface area contributed by atoms with E-state index in [1.807, 2.05) is 19.1 Å². The van der Waals surface area contributed by atoms with Crippen molar-refractivity contribution in [3.63, 3.8) is 0 Å². The predicted molar refractivity (Wildman–Crippen MR) is 96.8 cm³/mol. The van der Waals surface area contributed by atoms with Crippen LogP contribution in [-0.2, 0) is 17.8 Å². The van der Waals surface area contributed by atoms with Gasteiger partial charge in [0.25, 0.3) is 0 Å². The first-order valence-electron chi connectivity index (χ1n) is 8.41. The standard InChI is InChI=1S/C20H22N2O3/c1-13-11-17(7-8-18(13)20(24)25)21-19(23)14(2)22-10-9-15-5-3-4-6-16(15)12-22/h3-8,11,14H,9-10,12H2,1-2H3,(H,21,23)(H,24,25). The molecule has 0 saturated heterocycles. The second-order valence-electron chi connectivity index (χ2n) is 6.49. The van der Waals surface area contributed by atoms with Gasteiger partial charge >= 0.3 is 5.97 Å². The summed E-state index contributed by atoms with van der Waals surface area (Å²) in [5.74, 6) is -1.04. The number of hydrogen-bond acceptors (Lipinski definition) is 3. The molecule has 1 aliphatic heterocycles. The van der Waals surface area contributed by atoms with Gasteiger partial charge in [0, 0.05) is 18.8 Å². The monoisotopic (exact) mass is 338 g/mol. The number of nitrogens with zero attached hydrogens (tertiary/aromatic N) is 1. The lowest BCUT2D eigenvalue weighted by atomic mass is 9.98. The lowest BCUT2D eigenvalue weighted by Gasteiger charge is -2.32. The van der Waals surface area contributed by atoms with Gasteiger partial charge in [0.15, 0.2) is 0 Å². The summed E-state index contributed by atoms with van der Waals surface area (Å²) in [7, 11) is 0. The van der Waals surface area contributed by atoms with Gasteiger partial charge in [-0.25, -0.2) is 4.79 Å². The van der Waals surface area contributed by atoms with E-state index in [-0.39, 0.29) is 17.5 Å². The molecule has 5 nitrogen and oxygen atoms in total. The van der Waals surface area contributed by atoms with E-state index in [2.05, 4.69) is 22.3 Å². The highest BCUT2D eigenvalue weighted by Crippen LogP contribution is 2.21. The van der Waals surface area contributed by atoms with Gasteiger partial charge in [-0.3, -0.25) is 9.69 Å². The maximum Gasteiger partial charge on any atom is 0.335 e. The van der Waals surface area contributed by atoms with Crippen molar-refractivity contribution in [3.05, 3.63) is 64.7 Å². The highest BCUT2D eigenvalue weighted by Gasteiger charge is 2.25. The van der Waals surface area contributed by atoms with Crippen LogP contribution in [0.1, 0.15) is 34.0 Å². The molecule has 0 aromatic heterocycles. The third-order valence-corrected chi connectivity index (χ3v) is 4.81. The largest absolute Gasteiger partial charge is 0.478 e. The Kier molecular flexibility index (Phi) is 4.86. The van der Waals surface area contributed by atoms with E-state index in [1.165, 1.54) is 17.2 Å². The molecule has 0 radical (unpaired) electrons. The lowest BCUT2D eigenvalue weighted by molar-refractivity contribution is -0.121. The molecule has 5 heteroatoms. The molecule has 25 heavy (non-hydrogen) atoms. The fraction of sp³-hybridized carbons (Fsp3) is 0.300. The van der Waals surface area contributed by atoms with Crippen LogP contribution in [0.15, 0.2) is 42.5 Å².